The summed E-state index contributed by atoms with van der Waals surface area (Å²) in [4.78, 5) is 33.7. The van der Waals surface area contributed by atoms with E-state index in [1.807, 2.05) is 18.2 Å². The number of rotatable bonds is 6. The molecule has 174 valence electrons. The third-order valence-electron chi connectivity index (χ3n) is 6.11. The first-order valence-corrected chi connectivity index (χ1v) is 13.3. The quantitative estimate of drug-likeness (QED) is 0.175. The lowest BCUT2D eigenvalue weighted by atomic mass is 9.89. The van der Waals surface area contributed by atoms with Crippen molar-refractivity contribution < 1.29 is 9.53 Å². The summed E-state index contributed by atoms with van der Waals surface area (Å²) in [5.74, 6) is 1.24. The maximum atomic E-state index is 14.0. The molecule has 2 aromatic carbocycles. The smallest absolute Gasteiger partial charge is 0.267 e. The van der Waals surface area contributed by atoms with Crippen molar-refractivity contribution in [3.63, 3.8) is 0 Å². The zero-order valence-electron chi connectivity index (χ0n) is 18.8. The molecule has 0 saturated heterocycles. The molecule has 1 aliphatic carbocycles. The van der Waals surface area contributed by atoms with E-state index < -0.39 is 0 Å². The Labute approximate surface area is 210 Å². The highest BCUT2D eigenvalue weighted by molar-refractivity contribution is 7.99. The number of nitrogens with zero attached hydrogens (tertiary/aromatic N) is 2. The van der Waals surface area contributed by atoms with Crippen molar-refractivity contribution in [2.75, 3.05) is 12.9 Å². The van der Waals surface area contributed by atoms with Crippen molar-refractivity contribution in [2.45, 2.75) is 31.3 Å². The van der Waals surface area contributed by atoms with Gasteiger partial charge in [0.2, 0.25) is 0 Å². The average molecular weight is 511 g/mol. The van der Waals surface area contributed by atoms with Crippen LogP contribution in [0.1, 0.15) is 34.1 Å². The predicted octanol–water partition coefficient (Wildman–Crippen LogP) is 6.21. The molecule has 0 fully saturated rings. The van der Waals surface area contributed by atoms with E-state index >= 15 is 0 Å². The van der Waals surface area contributed by atoms with E-state index in [9.17, 15) is 9.59 Å². The first-order chi connectivity index (χ1) is 16.5. The number of hydrogen-bond donors (Lipinski definition) is 0. The normalized spacial score (nSPS) is 15.3. The molecule has 0 saturated carbocycles. The van der Waals surface area contributed by atoms with Gasteiger partial charge < -0.3 is 4.74 Å². The van der Waals surface area contributed by atoms with Crippen LogP contribution in [0, 0.1) is 5.92 Å². The first-order valence-electron chi connectivity index (χ1n) is 11.1. The summed E-state index contributed by atoms with van der Waals surface area (Å²) >= 11 is 9.17. The van der Waals surface area contributed by atoms with E-state index in [2.05, 4.69) is 6.92 Å². The molecule has 1 unspecified atom stereocenters. The molecular weight excluding hydrogens is 488 g/mol. The molecule has 5 rings (SSSR count). The average Bonchev–Trinajstić information content (AvgIpc) is 3.20. The number of ether oxygens (including phenoxy) is 1. The summed E-state index contributed by atoms with van der Waals surface area (Å²) in [7, 11) is 1.56. The van der Waals surface area contributed by atoms with Gasteiger partial charge >= 0.3 is 0 Å². The molecule has 0 N–H and O–H groups in total. The van der Waals surface area contributed by atoms with E-state index in [4.69, 9.17) is 21.3 Å². The van der Waals surface area contributed by atoms with Crippen molar-refractivity contribution in [2.24, 2.45) is 5.92 Å². The maximum Gasteiger partial charge on any atom is 0.267 e. The third-order valence-corrected chi connectivity index (χ3v) is 8.43. The molecular formula is C26H23ClN2O3S2. The molecule has 4 aromatic rings. The molecule has 0 bridgehead atoms. The first kappa shape index (κ1) is 23.1. The van der Waals surface area contributed by atoms with E-state index in [0.717, 1.165) is 29.7 Å². The van der Waals surface area contributed by atoms with Crippen LogP contribution < -0.4 is 10.3 Å². The van der Waals surface area contributed by atoms with Crippen molar-refractivity contribution in [1.82, 2.24) is 9.55 Å². The van der Waals surface area contributed by atoms with Crippen LogP contribution in [-0.4, -0.2) is 28.2 Å². The summed E-state index contributed by atoms with van der Waals surface area (Å²) in [5, 5.41) is 1.61. The van der Waals surface area contributed by atoms with Gasteiger partial charge in [0.25, 0.3) is 5.56 Å². The van der Waals surface area contributed by atoms with Gasteiger partial charge in [-0.15, -0.1) is 11.3 Å². The van der Waals surface area contributed by atoms with Crippen LogP contribution in [0.5, 0.6) is 5.75 Å². The minimum absolute atomic E-state index is 0.0242. The second-order valence-electron chi connectivity index (χ2n) is 8.46. The summed E-state index contributed by atoms with van der Waals surface area (Å²) in [6.45, 7) is 2.24. The molecule has 0 amide bonds. The Kier molecular flexibility index (Phi) is 6.51. The number of methoxy groups -OCH3 is 1. The molecule has 0 radical (unpaired) electrons. The predicted molar refractivity (Wildman–Crippen MR) is 139 cm³/mol. The molecule has 8 heteroatoms. The number of ketones is 1. The largest absolute Gasteiger partial charge is 0.495 e. The number of carbonyl (C=O) groups is 1. The Morgan fingerprint density at radius 2 is 2.06 bits per heavy atom. The Balaban J connectivity index is 1.67. The van der Waals surface area contributed by atoms with Crippen molar-refractivity contribution in [1.29, 1.82) is 0 Å². The van der Waals surface area contributed by atoms with Gasteiger partial charge in [0.1, 0.15) is 10.6 Å². The van der Waals surface area contributed by atoms with Crippen molar-refractivity contribution in [3.05, 3.63) is 79.9 Å². The van der Waals surface area contributed by atoms with Gasteiger partial charge in [0.15, 0.2) is 10.9 Å². The molecule has 34 heavy (non-hydrogen) atoms. The number of halogens is 1. The lowest BCUT2D eigenvalue weighted by Crippen LogP contribution is -2.23. The topological polar surface area (TPSA) is 61.2 Å². The van der Waals surface area contributed by atoms with Gasteiger partial charge in [-0.05, 0) is 48.9 Å². The Hall–Kier alpha value is -2.61. The number of benzene rings is 2. The highest BCUT2D eigenvalue weighted by atomic mass is 35.5. The van der Waals surface area contributed by atoms with Gasteiger partial charge in [-0.3, -0.25) is 14.2 Å². The lowest BCUT2D eigenvalue weighted by Gasteiger charge is -2.18. The van der Waals surface area contributed by atoms with Gasteiger partial charge in [0, 0.05) is 15.5 Å². The Morgan fingerprint density at radius 1 is 1.26 bits per heavy atom. The minimum atomic E-state index is -0.146. The highest BCUT2D eigenvalue weighted by Gasteiger charge is 2.26. The fourth-order valence-corrected chi connectivity index (χ4v) is 6.85. The zero-order valence-corrected chi connectivity index (χ0v) is 21.2. The van der Waals surface area contributed by atoms with Crippen LogP contribution >= 0.6 is 34.7 Å². The molecule has 0 spiro atoms. The number of aryl methyl sites for hydroxylation is 1. The molecule has 0 aliphatic heterocycles. The van der Waals surface area contributed by atoms with Crippen LogP contribution in [0.2, 0.25) is 5.02 Å². The molecule has 2 aromatic heterocycles. The number of carbonyl (C=O) groups excluding carboxylic acids is 1. The number of fused-ring (bicyclic) bond motifs is 3. The van der Waals surface area contributed by atoms with Gasteiger partial charge in [-0.1, -0.05) is 60.6 Å². The van der Waals surface area contributed by atoms with Gasteiger partial charge in [-0.2, -0.15) is 0 Å². The summed E-state index contributed by atoms with van der Waals surface area (Å²) in [6.07, 6.45) is 2.89. The SMILES string of the molecule is COc1ccc(Cl)cc1-n1c(SCC(=O)c2ccccc2)nc2sc3c(c2c1=O)CCC(C)C3. The fourth-order valence-electron chi connectivity index (χ4n) is 4.36. The van der Waals surface area contributed by atoms with E-state index in [1.54, 1.807) is 53.3 Å². The van der Waals surface area contributed by atoms with E-state index in [-0.39, 0.29) is 17.1 Å². The molecule has 5 nitrogen and oxygen atoms in total. The van der Waals surface area contributed by atoms with Crippen LogP contribution in [0.3, 0.4) is 0 Å². The molecule has 1 aliphatic rings. The van der Waals surface area contributed by atoms with Crippen molar-refractivity contribution in [3.8, 4) is 11.4 Å². The lowest BCUT2D eigenvalue weighted by molar-refractivity contribution is 0.102. The van der Waals surface area contributed by atoms with E-state index in [0.29, 0.717) is 38.5 Å². The number of aromatic nitrogens is 2. The van der Waals surface area contributed by atoms with Crippen LogP contribution in [0.25, 0.3) is 15.9 Å². The van der Waals surface area contributed by atoms with Crippen LogP contribution in [0.4, 0.5) is 0 Å². The van der Waals surface area contributed by atoms with E-state index in [1.165, 1.54) is 16.6 Å². The summed E-state index contributed by atoms with van der Waals surface area (Å²) in [5.41, 5.74) is 2.12. The third kappa shape index (κ3) is 4.28. The maximum absolute atomic E-state index is 14.0. The number of thioether (sulfide) groups is 1. The second-order valence-corrected chi connectivity index (χ2v) is 10.9. The van der Waals surface area contributed by atoms with Gasteiger partial charge in [-0.25, -0.2) is 4.98 Å². The monoisotopic (exact) mass is 510 g/mol. The minimum Gasteiger partial charge on any atom is -0.495 e. The van der Waals surface area contributed by atoms with Crippen molar-refractivity contribution >= 4 is 50.7 Å². The second kappa shape index (κ2) is 9.56. The molecule has 1 atom stereocenters. The van der Waals surface area contributed by atoms with Crippen LogP contribution in [-0.2, 0) is 12.8 Å². The summed E-state index contributed by atoms with van der Waals surface area (Å²) in [6, 6.07) is 14.3. The highest BCUT2D eigenvalue weighted by Crippen LogP contribution is 2.38. The number of hydrogen-bond acceptors (Lipinski definition) is 6. The van der Waals surface area contributed by atoms with Gasteiger partial charge in [0.05, 0.1) is 23.9 Å². The fraction of sp³-hybridized carbons (Fsp3) is 0.269. The number of Topliss-reactive ketones (excluding diaryl/α,β-unsaturated/α-hetero) is 1. The van der Waals surface area contributed by atoms with Crippen LogP contribution in [0.15, 0.2) is 58.5 Å². The molecule has 2 heterocycles. The number of thiophene rings is 1. The standard InChI is InChI=1S/C26H23ClN2O3S2/c1-15-8-10-18-22(12-15)34-24-23(18)25(31)29(19-13-17(27)9-11-21(19)32-2)26(28-24)33-14-20(30)16-6-4-3-5-7-16/h3-7,9,11,13,15H,8,10,12,14H2,1-2H3. The Bertz CT molecular complexity index is 1450. The summed E-state index contributed by atoms with van der Waals surface area (Å²) < 4.78 is 7.12. The zero-order chi connectivity index (χ0) is 23.8. The Morgan fingerprint density at radius 3 is 2.82 bits per heavy atom.